The summed E-state index contributed by atoms with van der Waals surface area (Å²) < 4.78 is 5.35. The molecule has 1 atom stereocenters. The van der Waals surface area contributed by atoms with Gasteiger partial charge in [-0.1, -0.05) is 0 Å². The lowest BCUT2D eigenvalue weighted by molar-refractivity contribution is -0.147. The Kier molecular flexibility index (Phi) is 4.76. The van der Waals surface area contributed by atoms with Gasteiger partial charge in [0.1, 0.15) is 0 Å². The number of ether oxygens (including phenoxy) is 1. The highest BCUT2D eigenvalue weighted by Crippen LogP contribution is 2.21. The van der Waals surface area contributed by atoms with Crippen LogP contribution in [0.15, 0.2) is 0 Å². The smallest absolute Gasteiger partial charge is 0.225 e. The van der Waals surface area contributed by atoms with Crippen LogP contribution in [0.2, 0.25) is 0 Å². The Morgan fingerprint density at radius 3 is 2.47 bits per heavy atom. The molecule has 0 aromatic heterocycles. The Hall–Kier alpha value is -1.14. The minimum atomic E-state index is -0.255. The Morgan fingerprint density at radius 1 is 1.21 bits per heavy atom. The number of morpholine rings is 1. The summed E-state index contributed by atoms with van der Waals surface area (Å²) >= 11 is 0. The zero-order valence-corrected chi connectivity index (χ0v) is 11.4. The highest BCUT2D eigenvalue weighted by atomic mass is 16.5. The Bertz CT molecular complexity index is 340. The number of carbonyl (C=O) groups excluding carboxylic acids is 2. The first-order chi connectivity index (χ1) is 9.11. The zero-order valence-electron chi connectivity index (χ0n) is 11.4. The van der Waals surface area contributed by atoms with Crippen LogP contribution in [0, 0.1) is 5.92 Å². The maximum atomic E-state index is 12.4. The monoisotopic (exact) mass is 270 g/mol. The number of piperidine rings is 1. The lowest BCUT2D eigenvalue weighted by Crippen LogP contribution is -2.50. The lowest BCUT2D eigenvalue weighted by atomic mass is 9.95. The summed E-state index contributed by atoms with van der Waals surface area (Å²) in [5.41, 5.74) is 0. The van der Waals surface area contributed by atoms with E-state index in [1.807, 2.05) is 0 Å². The Labute approximate surface area is 113 Å². The van der Waals surface area contributed by atoms with E-state index in [0.717, 1.165) is 12.8 Å². The molecule has 0 radical (unpaired) electrons. The van der Waals surface area contributed by atoms with Crippen LogP contribution >= 0.6 is 0 Å². The minimum absolute atomic E-state index is 0.00745. The van der Waals surface area contributed by atoms with E-state index in [4.69, 9.17) is 9.84 Å². The van der Waals surface area contributed by atoms with E-state index in [1.54, 1.807) is 16.7 Å². The highest BCUT2D eigenvalue weighted by molar-refractivity contribution is 5.80. The van der Waals surface area contributed by atoms with Crippen molar-refractivity contribution in [3.8, 4) is 0 Å². The third-order valence-corrected chi connectivity index (χ3v) is 3.94. The van der Waals surface area contributed by atoms with Crippen molar-refractivity contribution >= 4 is 11.8 Å². The van der Waals surface area contributed by atoms with Crippen molar-refractivity contribution < 1.29 is 19.4 Å². The molecule has 2 saturated heterocycles. The number of hydrogen-bond donors (Lipinski definition) is 1. The predicted octanol–water partition coefficient (Wildman–Crippen LogP) is -0.535. The summed E-state index contributed by atoms with van der Waals surface area (Å²) in [7, 11) is 0. The summed E-state index contributed by atoms with van der Waals surface area (Å²) in [5.74, 6) is 0.232. The van der Waals surface area contributed by atoms with Gasteiger partial charge in [0.2, 0.25) is 11.8 Å². The van der Waals surface area contributed by atoms with E-state index in [2.05, 4.69) is 0 Å². The van der Waals surface area contributed by atoms with Gasteiger partial charge in [-0.05, 0) is 12.8 Å². The molecule has 2 heterocycles. The van der Waals surface area contributed by atoms with Gasteiger partial charge in [0.05, 0.1) is 19.3 Å². The van der Waals surface area contributed by atoms with Gasteiger partial charge < -0.3 is 19.6 Å². The van der Waals surface area contributed by atoms with Crippen molar-refractivity contribution in [2.24, 2.45) is 5.92 Å². The standard InChI is InChI=1S/C13H22N2O4/c1-10(17)14-4-2-11(3-5-14)13(18)15-6-7-19-12(8-15)9-16/h11-12,16H,2-9H2,1H3. The molecule has 2 rings (SSSR count). The maximum absolute atomic E-state index is 12.4. The fourth-order valence-electron chi connectivity index (χ4n) is 2.73. The molecule has 1 unspecified atom stereocenters. The SMILES string of the molecule is CC(=O)N1CCC(C(=O)N2CCOC(CO)C2)CC1. The molecule has 0 aromatic carbocycles. The van der Waals surface area contributed by atoms with E-state index in [9.17, 15) is 9.59 Å². The third kappa shape index (κ3) is 3.45. The van der Waals surface area contributed by atoms with Gasteiger partial charge in [0.15, 0.2) is 0 Å². The van der Waals surface area contributed by atoms with Gasteiger partial charge >= 0.3 is 0 Å². The molecule has 2 fully saturated rings. The van der Waals surface area contributed by atoms with Crippen molar-refractivity contribution in [3.05, 3.63) is 0 Å². The van der Waals surface area contributed by atoms with Crippen molar-refractivity contribution in [2.45, 2.75) is 25.9 Å². The number of nitrogens with zero attached hydrogens (tertiary/aromatic N) is 2. The maximum Gasteiger partial charge on any atom is 0.225 e. The number of carbonyl (C=O) groups is 2. The summed E-state index contributed by atoms with van der Waals surface area (Å²) in [6.07, 6.45) is 1.22. The second-order valence-electron chi connectivity index (χ2n) is 5.24. The summed E-state index contributed by atoms with van der Waals surface area (Å²) in [5, 5.41) is 9.09. The van der Waals surface area contributed by atoms with Crippen LogP contribution in [0.4, 0.5) is 0 Å². The molecule has 108 valence electrons. The van der Waals surface area contributed by atoms with Crippen LogP contribution in [0.3, 0.4) is 0 Å². The first-order valence-electron chi connectivity index (χ1n) is 6.88. The van der Waals surface area contributed by atoms with Crippen LogP contribution < -0.4 is 0 Å². The van der Waals surface area contributed by atoms with E-state index in [-0.39, 0.29) is 30.4 Å². The van der Waals surface area contributed by atoms with Gasteiger partial charge in [-0.2, -0.15) is 0 Å². The predicted molar refractivity (Wildman–Crippen MR) is 68.4 cm³/mol. The molecule has 6 nitrogen and oxygen atoms in total. The molecular weight excluding hydrogens is 248 g/mol. The second kappa shape index (κ2) is 6.34. The molecule has 0 saturated carbocycles. The molecular formula is C13H22N2O4. The van der Waals surface area contributed by atoms with Crippen LogP contribution in [0.25, 0.3) is 0 Å². The lowest BCUT2D eigenvalue weighted by Gasteiger charge is -2.37. The van der Waals surface area contributed by atoms with Crippen molar-refractivity contribution in [1.82, 2.24) is 9.80 Å². The second-order valence-corrected chi connectivity index (χ2v) is 5.24. The Morgan fingerprint density at radius 2 is 1.89 bits per heavy atom. The molecule has 0 aliphatic carbocycles. The molecule has 0 aromatic rings. The topological polar surface area (TPSA) is 70.1 Å². The van der Waals surface area contributed by atoms with Crippen LogP contribution in [-0.2, 0) is 14.3 Å². The molecule has 2 aliphatic heterocycles. The first kappa shape index (κ1) is 14.3. The first-order valence-corrected chi connectivity index (χ1v) is 6.88. The van der Waals surface area contributed by atoms with Crippen LogP contribution in [-0.4, -0.2) is 72.2 Å². The number of amides is 2. The number of aliphatic hydroxyl groups excluding tert-OH is 1. The van der Waals surface area contributed by atoms with Crippen LogP contribution in [0.1, 0.15) is 19.8 Å². The number of aliphatic hydroxyl groups is 1. The Balaban J connectivity index is 1.85. The summed E-state index contributed by atoms with van der Waals surface area (Å²) in [6, 6.07) is 0. The normalized spacial score (nSPS) is 25.5. The molecule has 1 N–H and O–H groups in total. The van der Waals surface area contributed by atoms with Crippen molar-refractivity contribution in [2.75, 3.05) is 39.4 Å². The van der Waals surface area contributed by atoms with Gasteiger partial charge in [0, 0.05) is 39.0 Å². The molecule has 0 spiro atoms. The van der Waals surface area contributed by atoms with Crippen molar-refractivity contribution in [1.29, 1.82) is 0 Å². The molecule has 0 bridgehead atoms. The molecule has 2 amide bonds. The number of likely N-dealkylation sites (tertiary alicyclic amines) is 1. The summed E-state index contributed by atoms with van der Waals surface area (Å²) in [4.78, 5) is 27.2. The average Bonchev–Trinajstić information content (AvgIpc) is 2.46. The van der Waals surface area contributed by atoms with E-state index < -0.39 is 0 Å². The summed E-state index contributed by atoms with van der Waals surface area (Å²) in [6.45, 7) is 4.41. The average molecular weight is 270 g/mol. The van der Waals surface area contributed by atoms with Crippen LogP contribution in [0.5, 0.6) is 0 Å². The minimum Gasteiger partial charge on any atom is -0.394 e. The third-order valence-electron chi connectivity index (χ3n) is 3.94. The fourth-order valence-corrected chi connectivity index (χ4v) is 2.73. The number of hydrogen-bond acceptors (Lipinski definition) is 4. The van der Waals surface area contributed by atoms with Crippen molar-refractivity contribution in [3.63, 3.8) is 0 Å². The van der Waals surface area contributed by atoms with E-state index >= 15 is 0 Å². The highest BCUT2D eigenvalue weighted by Gasteiger charge is 2.31. The molecule has 6 heteroatoms. The zero-order chi connectivity index (χ0) is 13.8. The quantitative estimate of drug-likeness (QED) is 0.732. The van der Waals surface area contributed by atoms with Gasteiger partial charge in [-0.15, -0.1) is 0 Å². The van der Waals surface area contributed by atoms with Gasteiger partial charge in [0.25, 0.3) is 0 Å². The van der Waals surface area contributed by atoms with Gasteiger partial charge in [-0.25, -0.2) is 0 Å². The molecule has 2 aliphatic rings. The van der Waals surface area contributed by atoms with E-state index in [0.29, 0.717) is 32.8 Å². The molecule has 19 heavy (non-hydrogen) atoms. The fraction of sp³-hybridized carbons (Fsp3) is 0.846. The number of rotatable bonds is 2. The van der Waals surface area contributed by atoms with E-state index in [1.165, 1.54) is 0 Å². The largest absolute Gasteiger partial charge is 0.394 e. The van der Waals surface area contributed by atoms with Gasteiger partial charge in [-0.3, -0.25) is 9.59 Å².